The predicted molar refractivity (Wildman–Crippen MR) is 75.0 cm³/mol. The molecule has 0 bridgehead atoms. The molecule has 1 N–H and O–H groups in total. The minimum Gasteiger partial charge on any atom is -0.493 e. The van der Waals surface area contributed by atoms with E-state index in [0.717, 1.165) is 29.9 Å². The summed E-state index contributed by atoms with van der Waals surface area (Å²) in [4.78, 5) is 12.1. The molecule has 0 saturated heterocycles. The van der Waals surface area contributed by atoms with Crippen molar-refractivity contribution in [3.63, 3.8) is 0 Å². The van der Waals surface area contributed by atoms with Crippen LogP contribution < -0.4 is 10.1 Å². The van der Waals surface area contributed by atoms with Gasteiger partial charge in [0.25, 0.3) is 5.91 Å². The maximum Gasteiger partial charge on any atom is 0.255 e. The number of amides is 1. The van der Waals surface area contributed by atoms with Gasteiger partial charge in [0.1, 0.15) is 12.0 Å². The third-order valence-electron chi connectivity index (χ3n) is 3.66. The summed E-state index contributed by atoms with van der Waals surface area (Å²) in [6.07, 6.45) is 3.99. The normalized spacial score (nSPS) is 14.5. The lowest BCUT2D eigenvalue weighted by molar-refractivity contribution is 0.0938. The molecule has 0 radical (unpaired) electrons. The van der Waals surface area contributed by atoms with Gasteiger partial charge in [0.2, 0.25) is 0 Å². The topological polar surface area (TPSA) is 51.5 Å². The van der Waals surface area contributed by atoms with E-state index in [1.807, 2.05) is 26.0 Å². The first-order valence-corrected chi connectivity index (χ1v) is 6.74. The first-order chi connectivity index (χ1) is 9.65. The Balaban J connectivity index is 1.75. The van der Waals surface area contributed by atoms with Crippen LogP contribution in [0.15, 0.2) is 35.1 Å². The van der Waals surface area contributed by atoms with Gasteiger partial charge in [-0.2, -0.15) is 0 Å². The zero-order valence-corrected chi connectivity index (χ0v) is 11.6. The third kappa shape index (κ3) is 2.29. The Labute approximate surface area is 117 Å². The molecule has 104 valence electrons. The van der Waals surface area contributed by atoms with Crippen molar-refractivity contribution in [1.29, 1.82) is 0 Å². The molecular formula is C16H17NO3. The number of carbonyl (C=O) groups excluding carboxylic acids is 1. The summed E-state index contributed by atoms with van der Waals surface area (Å²) in [7, 11) is 0. The van der Waals surface area contributed by atoms with Crippen LogP contribution in [0, 0.1) is 6.92 Å². The number of carbonyl (C=O) groups is 1. The molecular weight excluding hydrogens is 254 g/mol. The molecule has 1 aromatic heterocycles. The molecule has 3 rings (SSSR count). The number of rotatable bonds is 3. The van der Waals surface area contributed by atoms with Crippen molar-refractivity contribution in [3.05, 3.63) is 53.0 Å². The fourth-order valence-electron chi connectivity index (χ4n) is 2.43. The monoisotopic (exact) mass is 271 g/mol. The summed E-state index contributed by atoms with van der Waals surface area (Å²) in [5.74, 6) is 0.846. The maximum absolute atomic E-state index is 12.1. The number of benzene rings is 1. The second-order valence-electron chi connectivity index (χ2n) is 5.13. The standard InChI is InChI=1S/C16H17NO3/c1-10-8-19-9-14(10)16(18)17-11(2)12-3-4-15-13(7-12)5-6-20-15/h3-4,7-9,11H,5-6H2,1-2H3,(H,17,18)/t11-/m1/s1. The summed E-state index contributed by atoms with van der Waals surface area (Å²) in [6.45, 7) is 4.58. The SMILES string of the molecule is Cc1cocc1C(=O)N[C@H](C)c1ccc2c(c1)CCO2. The van der Waals surface area contributed by atoms with Crippen molar-refractivity contribution in [2.45, 2.75) is 26.3 Å². The summed E-state index contributed by atoms with van der Waals surface area (Å²) in [5, 5.41) is 2.99. The molecule has 1 atom stereocenters. The zero-order chi connectivity index (χ0) is 14.1. The van der Waals surface area contributed by atoms with Gasteiger partial charge in [-0.1, -0.05) is 6.07 Å². The van der Waals surface area contributed by atoms with Gasteiger partial charge in [-0.3, -0.25) is 4.79 Å². The molecule has 1 amide bonds. The van der Waals surface area contributed by atoms with Gasteiger partial charge >= 0.3 is 0 Å². The Hall–Kier alpha value is -2.23. The van der Waals surface area contributed by atoms with Crippen molar-refractivity contribution >= 4 is 5.91 Å². The van der Waals surface area contributed by atoms with E-state index in [-0.39, 0.29) is 11.9 Å². The first kappa shape index (κ1) is 12.8. The Morgan fingerprint density at radius 3 is 2.95 bits per heavy atom. The Morgan fingerprint density at radius 1 is 1.35 bits per heavy atom. The van der Waals surface area contributed by atoms with Gasteiger partial charge in [-0.15, -0.1) is 0 Å². The van der Waals surface area contributed by atoms with Crippen LogP contribution in [0.5, 0.6) is 5.75 Å². The van der Waals surface area contributed by atoms with E-state index in [9.17, 15) is 4.79 Å². The van der Waals surface area contributed by atoms with Crippen LogP contribution in [0.3, 0.4) is 0 Å². The molecule has 20 heavy (non-hydrogen) atoms. The van der Waals surface area contributed by atoms with Crippen LogP contribution >= 0.6 is 0 Å². The van der Waals surface area contributed by atoms with E-state index in [1.54, 1.807) is 6.26 Å². The van der Waals surface area contributed by atoms with Gasteiger partial charge in [0.15, 0.2) is 0 Å². The highest BCUT2D eigenvalue weighted by Crippen LogP contribution is 2.28. The third-order valence-corrected chi connectivity index (χ3v) is 3.66. The molecule has 2 aromatic rings. The molecule has 4 nitrogen and oxygen atoms in total. The fraction of sp³-hybridized carbons (Fsp3) is 0.312. The molecule has 1 aliphatic rings. The second-order valence-corrected chi connectivity index (χ2v) is 5.13. The maximum atomic E-state index is 12.1. The highest BCUT2D eigenvalue weighted by Gasteiger charge is 2.17. The van der Waals surface area contributed by atoms with Crippen molar-refractivity contribution in [2.24, 2.45) is 0 Å². The number of nitrogens with one attached hydrogen (secondary N) is 1. The lowest BCUT2D eigenvalue weighted by Gasteiger charge is -2.15. The van der Waals surface area contributed by atoms with Gasteiger partial charge in [0, 0.05) is 6.42 Å². The fourth-order valence-corrected chi connectivity index (χ4v) is 2.43. The van der Waals surface area contributed by atoms with E-state index in [0.29, 0.717) is 5.56 Å². The number of fused-ring (bicyclic) bond motifs is 1. The van der Waals surface area contributed by atoms with Crippen molar-refractivity contribution in [2.75, 3.05) is 6.61 Å². The molecule has 4 heteroatoms. The molecule has 0 fully saturated rings. The summed E-state index contributed by atoms with van der Waals surface area (Å²) in [5.41, 5.74) is 3.73. The Bertz CT molecular complexity index is 645. The predicted octanol–water partition coefficient (Wildman–Crippen LogP) is 3.01. The van der Waals surface area contributed by atoms with Crippen LogP contribution in [0.4, 0.5) is 0 Å². The smallest absolute Gasteiger partial charge is 0.255 e. The molecule has 1 aliphatic heterocycles. The molecule has 2 heterocycles. The molecule has 0 saturated carbocycles. The molecule has 0 aliphatic carbocycles. The van der Waals surface area contributed by atoms with E-state index in [2.05, 4.69) is 11.4 Å². The highest BCUT2D eigenvalue weighted by atomic mass is 16.5. The highest BCUT2D eigenvalue weighted by molar-refractivity contribution is 5.95. The van der Waals surface area contributed by atoms with Crippen LogP contribution in [0.1, 0.15) is 40.0 Å². The van der Waals surface area contributed by atoms with Crippen molar-refractivity contribution in [1.82, 2.24) is 5.32 Å². The number of aryl methyl sites for hydroxylation is 1. The number of hydrogen-bond donors (Lipinski definition) is 1. The number of hydrogen-bond acceptors (Lipinski definition) is 3. The van der Waals surface area contributed by atoms with E-state index in [4.69, 9.17) is 9.15 Å². The van der Waals surface area contributed by atoms with Gasteiger partial charge < -0.3 is 14.5 Å². The largest absolute Gasteiger partial charge is 0.493 e. The number of ether oxygens (including phenoxy) is 1. The Kier molecular flexibility index (Phi) is 3.22. The van der Waals surface area contributed by atoms with Crippen molar-refractivity contribution in [3.8, 4) is 5.75 Å². The van der Waals surface area contributed by atoms with Crippen LogP contribution in [0.2, 0.25) is 0 Å². The minimum atomic E-state index is -0.111. The van der Waals surface area contributed by atoms with E-state index < -0.39 is 0 Å². The van der Waals surface area contributed by atoms with Crippen LogP contribution in [0.25, 0.3) is 0 Å². The lowest BCUT2D eigenvalue weighted by Crippen LogP contribution is -2.26. The lowest BCUT2D eigenvalue weighted by atomic mass is 10.0. The zero-order valence-electron chi connectivity index (χ0n) is 11.6. The first-order valence-electron chi connectivity index (χ1n) is 6.74. The number of furan rings is 1. The van der Waals surface area contributed by atoms with E-state index >= 15 is 0 Å². The average molecular weight is 271 g/mol. The quantitative estimate of drug-likeness (QED) is 0.933. The van der Waals surface area contributed by atoms with E-state index in [1.165, 1.54) is 11.8 Å². The molecule has 0 unspecified atom stereocenters. The minimum absolute atomic E-state index is 0.0531. The molecule has 1 aromatic carbocycles. The van der Waals surface area contributed by atoms with Gasteiger partial charge in [-0.25, -0.2) is 0 Å². The Morgan fingerprint density at radius 2 is 2.20 bits per heavy atom. The second kappa shape index (κ2) is 5.04. The summed E-state index contributed by atoms with van der Waals surface area (Å²) < 4.78 is 10.5. The van der Waals surface area contributed by atoms with Crippen LogP contribution in [-0.2, 0) is 6.42 Å². The summed E-state index contributed by atoms with van der Waals surface area (Å²) >= 11 is 0. The van der Waals surface area contributed by atoms with Crippen LogP contribution in [-0.4, -0.2) is 12.5 Å². The average Bonchev–Trinajstić information content (AvgIpc) is 3.05. The summed E-state index contributed by atoms with van der Waals surface area (Å²) in [6, 6.07) is 6.03. The van der Waals surface area contributed by atoms with Crippen molar-refractivity contribution < 1.29 is 13.9 Å². The van der Waals surface area contributed by atoms with Gasteiger partial charge in [-0.05, 0) is 42.7 Å². The van der Waals surface area contributed by atoms with Gasteiger partial charge in [0.05, 0.1) is 24.5 Å². The molecule has 0 spiro atoms.